The lowest BCUT2D eigenvalue weighted by molar-refractivity contribution is 0.0517. The van der Waals surface area contributed by atoms with E-state index in [1.54, 1.807) is 6.92 Å². The molecule has 24 heavy (non-hydrogen) atoms. The number of ether oxygens (including phenoxy) is 1. The molecule has 2 aromatic rings. The fraction of sp³-hybridized carbons (Fsp3) is 0.562. The minimum atomic E-state index is -0.505. The highest BCUT2D eigenvalue weighted by Gasteiger charge is 2.25. The predicted octanol–water partition coefficient (Wildman–Crippen LogP) is 1.28. The summed E-state index contributed by atoms with van der Waals surface area (Å²) >= 11 is 0. The Kier molecular flexibility index (Phi) is 4.57. The summed E-state index contributed by atoms with van der Waals surface area (Å²) in [5.41, 5.74) is 3.88. The number of nitrogens with zero attached hydrogens (tertiary/aromatic N) is 2. The van der Waals surface area contributed by atoms with E-state index >= 15 is 0 Å². The smallest absolute Gasteiger partial charge is 0.356 e. The molecular formula is C16H23N5O3. The van der Waals surface area contributed by atoms with Gasteiger partial charge in [-0.1, -0.05) is 13.8 Å². The van der Waals surface area contributed by atoms with Crippen LogP contribution < -0.4 is 5.69 Å². The van der Waals surface area contributed by atoms with Crippen LogP contribution in [0.15, 0.2) is 4.79 Å². The highest BCUT2D eigenvalue weighted by molar-refractivity contribution is 5.88. The third-order valence-electron chi connectivity index (χ3n) is 4.26. The summed E-state index contributed by atoms with van der Waals surface area (Å²) in [6, 6.07) is 0. The molecule has 0 aromatic carbocycles. The molecule has 0 saturated carbocycles. The molecule has 0 fully saturated rings. The van der Waals surface area contributed by atoms with E-state index in [4.69, 9.17) is 4.74 Å². The second-order valence-electron chi connectivity index (χ2n) is 6.33. The third kappa shape index (κ3) is 3.14. The Hall–Kier alpha value is -2.35. The molecule has 0 unspecified atom stereocenters. The normalized spacial score (nSPS) is 14.8. The van der Waals surface area contributed by atoms with Crippen LogP contribution in [0, 0.1) is 0 Å². The monoisotopic (exact) mass is 333 g/mol. The second kappa shape index (κ2) is 6.64. The van der Waals surface area contributed by atoms with Gasteiger partial charge in [0.25, 0.3) is 0 Å². The molecule has 8 nitrogen and oxygen atoms in total. The van der Waals surface area contributed by atoms with Crippen molar-refractivity contribution in [3.8, 4) is 0 Å². The van der Waals surface area contributed by atoms with Crippen LogP contribution >= 0.6 is 0 Å². The molecule has 0 spiro atoms. The molecule has 1 aliphatic rings. The molecule has 8 heteroatoms. The zero-order valence-electron chi connectivity index (χ0n) is 14.2. The molecule has 0 radical (unpaired) electrons. The lowest BCUT2D eigenvalue weighted by Crippen LogP contribution is -2.31. The highest BCUT2D eigenvalue weighted by Crippen LogP contribution is 2.26. The van der Waals surface area contributed by atoms with Gasteiger partial charge in [-0.15, -0.1) is 0 Å². The van der Waals surface area contributed by atoms with Gasteiger partial charge in [0.05, 0.1) is 18.0 Å². The Labute approximate surface area is 139 Å². The fourth-order valence-electron chi connectivity index (χ4n) is 3.13. The van der Waals surface area contributed by atoms with E-state index in [-0.39, 0.29) is 12.3 Å². The van der Waals surface area contributed by atoms with Crippen LogP contribution in [0.3, 0.4) is 0 Å². The summed E-state index contributed by atoms with van der Waals surface area (Å²) in [6.45, 7) is 8.31. The number of aromatic amines is 3. The van der Waals surface area contributed by atoms with E-state index in [0.717, 1.165) is 25.2 Å². The van der Waals surface area contributed by atoms with Gasteiger partial charge in [-0.2, -0.15) is 5.10 Å². The summed E-state index contributed by atoms with van der Waals surface area (Å²) in [4.78, 5) is 31.0. The Morgan fingerprint density at radius 2 is 2.17 bits per heavy atom. The van der Waals surface area contributed by atoms with E-state index in [0.29, 0.717) is 18.2 Å². The van der Waals surface area contributed by atoms with Crippen molar-refractivity contribution in [3.63, 3.8) is 0 Å². The number of H-pyrrole nitrogens is 3. The molecule has 0 bridgehead atoms. The average Bonchev–Trinajstić information content (AvgIpc) is 3.10. The second-order valence-corrected chi connectivity index (χ2v) is 6.33. The summed E-state index contributed by atoms with van der Waals surface area (Å²) in [7, 11) is 0. The fourth-order valence-corrected chi connectivity index (χ4v) is 3.13. The summed E-state index contributed by atoms with van der Waals surface area (Å²) in [6.07, 6.45) is 0.873. The number of carbonyl (C=O) groups excluding carboxylic acids is 1. The molecular weight excluding hydrogens is 310 g/mol. The number of rotatable bonds is 5. The van der Waals surface area contributed by atoms with Crippen molar-refractivity contribution >= 4 is 5.97 Å². The lowest BCUT2D eigenvalue weighted by Gasteiger charge is -2.27. The number of fused-ring (bicyclic) bond motifs is 1. The molecule has 3 rings (SSSR count). The Morgan fingerprint density at radius 1 is 1.38 bits per heavy atom. The van der Waals surface area contributed by atoms with Crippen LogP contribution in [0.1, 0.15) is 59.8 Å². The molecule has 1 aliphatic heterocycles. The summed E-state index contributed by atoms with van der Waals surface area (Å²) in [5, 5.41) is 7.55. The van der Waals surface area contributed by atoms with Crippen LogP contribution in [0.25, 0.3) is 0 Å². The van der Waals surface area contributed by atoms with Crippen molar-refractivity contribution in [3.05, 3.63) is 38.8 Å². The maximum Gasteiger partial charge on any atom is 0.356 e. The first-order chi connectivity index (χ1) is 11.5. The standard InChI is InChI=1S/C16H23N5O3/c1-4-24-15(22)14-12(17-16(23)18-14)8-21-6-5-11-10(7-21)13(9(2)3)20-19-11/h9H,4-8H2,1-3H3,(H,19,20)(H2,17,18,23). The van der Waals surface area contributed by atoms with Gasteiger partial charge in [-0.05, 0) is 12.8 Å². The molecule has 0 saturated heterocycles. The molecule has 0 amide bonds. The van der Waals surface area contributed by atoms with Crippen molar-refractivity contribution in [2.75, 3.05) is 13.2 Å². The maximum atomic E-state index is 12.0. The van der Waals surface area contributed by atoms with E-state index < -0.39 is 11.7 Å². The third-order valence-corrected chi connectivity index (χ3v) is 4.26. The van der Waals surface area contributed by atoms with Crippen molar-refractivity contribution in [2.24, 2.45) is 0 Å². The number of imidazole rings is 1. The van der Waals surface area contributed by atoms with E-state index in [2.05, 4.69) is 38.9 Å². The number of carbonyl (C=O) groups is 1. The van der Waals surface area contributed by atoms with Gasteiger partial charge in [-0.25, -0.2) is 9.59 Å². The van der Waals surface area contributed by atoms with Gasteiger partial charge in [0.1, 0.15) is 5.69 Å². The van der Waals surface area contributed by atoms with Gasteiger partial charge in [0.15, 0.2) is 0 Å². The van der Waals surface area contributed by atoms with Crippen molar-refractivity contribution in [1.29, 1.82) is 0 Å². The van der Waals surface area contributed by atoms with Crippen molar-refractivity contribution in [2.45, 2.75) is 46.2 Å². The first kappa shape index (κ1) is 16.5. The van der Waals surface area contributed by atoms with Crippen LogP contribution in [0.2, 0.25) is 0 Å². The number of hydrogen-bond donors (Lipinski definition) is 3. The summed E-state index contributed by atoms with van der Waals surface area (Å²) in [5.74, 6) is -0.151. The molecule has 3 heterocycles. The van der Waals surface area contributed by atoms with Gasteiger partial charge in [0.2, 0.25) is 0 Å². The molecule has 0 aliphatic carbocycles. The number of esters is 1. The quantitative estimate of drug-likeness (QED) is 0.715. The highest BCUT2D eigenvalue weighted by atomic mass is 16.5. The van der Waals surface area contributed by atoms with Crippen LogP contribution in [0.4, 0.5) is 0 Å². The minimum absolute atomic E-state index is 0.212. The van der Waals surface area contributed by atoms with Crippen LogP contribution in [-0.4, -0.2) is 44.2 Å². The zero-order valence-corrected chi connectivity index (χ0v) is 14.2. The molecule has 2 aromatic heterocycles. The summed E-state index contributed by atoms with van der Waals surface area (Å²) < 4.78 is 5.00. The van der Waals surface area contributed by atoms with Crippen LogP contribution in [0.5, 0.6) is 0 Å². The molecule has 3 N–H and O–H groups in total. The van der Waals surface area contributed by atoms with Crippen LogP contribution in [-0.2, 0) is 24.2 Å². The predicted molar refractivity (Wildman–Crippen MR) is 87.9 cm³/mol. The minimum Gasteiger partial charge on any atom is -0.461 e. The molecule has 0 atom stereocenters. The van der Waals surface area contributed by atoms with Gasteiger partial charge < -0.3 is 9.72 Å². The lowest BCUT2D eigenvalue weighted by atomic mass is 9.99. The SMILES string of the molecule is CCOC(=O)c1[nH]c(=O)[nH]c1CN1CCc2[nH]nc(C(C)C)c2C1. The maximum absolute atomic E-state index is 12.0. The Morgan fingerprint density at radius 3 is 2.88 bits per heavy atom. The Balaban J connectivity index is 1.79. The average molecular weight is 333 g/mol. The topological polar surface area (TPSA) is 107 Å². The van der Waals surface area contributed by atoms with Gasteiger partial charge >= 0.3 is 11.7 Å². The van der Waals surface area contributed by atoms with Gasteiger partial charge in [-0.3, -0.25) is 15.0 Å². The molecule has 130 valence electrons. The number of aromatic nitrogens is 4. The number of nitrogens with one attached hydrogen (secondary N) is 3. The van der Waals surface area contributed by atoms with E-state index in [1.165, 1.54) is 11.3 Å². The van der Waals surface area contributed by atoms with Crippen molar-refractivity contribution in [1.82, 2.24) is 25.1 Å². The van der Waals surface area contributed by atoms with Gasteiger partial charge in [0, 0.05) is 37.3 Å². The van der Waals surface area contributed by atoms with Crippen molar-refractivity contribution < 1.29 is 9.53 Å². The Bertz CT molecular complexity index is 786. The first-order valence-electron chi connectivity index (χ1n) is 8.26. The zero-order chi connectivity index (χ0) is 17.3. The van der Waals surface area contributed by atoms with E-state index in [9.17, 15) is 9.59 Å². The largest absolute Gasteiger partial charge is 0.461 e. The number of hydrogen-bond acceptors (Lipinski definition) is 5. The van der Waals surface area contributed by atoms with E-state index in [1.807, 2.05) is 0 Å². The first-order valence-corrected chi connectivity index (χ1v) is 8.26.